The summed E-state index contributed by atoms with van der Waals surface area (Å²) in [4.78, 5) is 2.97. The third-order valence-electron chi connectivity index (χ3n) is 5.76. The summed E-state index contributed by atoms with van der Waals surface area (Å²) in [5.74, 6) is 0. The average molecular weight is 504 g/mol. The molecular weight excluding hydrogens is 476 g/mol. The van der Waals surface area contributed by atoms with Gasteiger partial charge in [-0.15, -0.1) is 0 Å². The summed E-state index contributed by atoms with van der Waals surface area (Å²) in [6.45, 7) is 3.50. The molecule has 0 fully saturated rings. The summed E-state index contributed by atoms with van der Waals surface area (Å²) in [6, 6.07) is 16.2. The Kier molecular flexibility index (Phi) is 6.84. The molecule has 1 atom stereocenters. The Morgan fingerprint density at radius 2 is 1.78 bits per heavy atom. The van der Waals surface area contributed by atoms with Crippen LogP contribution in [0.2, 0.25) is 11.4 Å². The van der Waals surface area contributed by atoms with Crippen molar-refractivity contribution in [3.8, 4) is 6.07 Å². The van der Waals surface area contributed by atoms with Gasteiger partial charge in [0.1, 0.15) is 0 Å². The zero-order chi connectivity index (χ0) is 23.7. The van der Waals surface area contributed by atoms with Gasteiger partial charge in [-0.1, -0.05) is 0 Å². The second kappa shape index (κ2) is 8.96. The Balaban J connectivity index is 1.93. The quantitative estimate of drug-likeness (QED) is 0.383. The second-order valence-corrected chi connectivity index (χ2v) is 14.6. The number of aromatic nitrogens is 1. The van der Waals surface area contributed by atoms with E-state index in [9.17, 15) is 18.3 Å². The number of nitrogens with zero attached hydrogens (tertiary/aromatic N) is 1. The van der Waals surface area contributed by atoms with Crippen LogP contribution in [-0.4, -0.2) is 36.5 Å². The second-order valence-electron chi connectivity index (χ2n) is 9.41. The SMILES string of the molecule is C[As](C)Cc1cccc(C(C)(C)CC(O)(Cc2cc3cc(C#N)ccc3[nH]2)C(F)(F)F)c1. The van der Waals surface area contributed by atoms with E-state index in [1.807, 2.05) is 30.3 Å². The van der Waals surface area contributed by atoms with Gasteiger partial charge in [0.25, 0.3) is 0 Å². The Hall–Kier alpha value is -2.22. The first kappa shape index (κ1) is 24.4. The number of aliphatic hydroxyl groups is 1. The fourth-order valence-electron chi connectivity index (χ4n) is 4.22. The Morgan fingerprint density at radius 1 is 1.06 bits per heavy atom. The van der Waals surface area contributed by atoms with Crippen molar-refractivity contribution in [3.05, 3.63) is 70.9 Å². The van der Waals surface area contributed by atoms with Gasteiger partial charge < -0.3 is 0 Å². The van der Waals surface area contributed by atoms with E-state index < -0.39 is 44.7 Å². The van der Waals surface area contributed by atoms with Crippen molar-refractivity contribution in [2.75, 3.05) is 0 Å². The molecule has 2 N–H and O–H groups in total. The normalized spacial score (nSPS) is 14.5. The molecule has 7 heteroatoms. The number of hydrogen-bond donors (Lipinski definition) is 2. The third-order valence-corrected chi connectivity index (χ3v) is 7.85. The van der Waals surface area contributed by atoms with E-state index in [2.05, 4.69) is 16.4 Å². The Bertz CT molecular complexity index is 1140. The van der Waals surface area contributed by atoms with Crippen molar-refractivity contribution in [1.29, 1.82) is 5.26 Å². The van der Waals surface area contributed by atoms with Crippen LogP contribution < -0.4 is 0 Å². The summed E-state index contributed by atoms with van der Waals surface area (Å²) >= 11 is -0.929. The van der Waals surface area contributed by atoms with E-state index in [1.165, 1.54) is 0 Å². The molecular formula is C25H28AsF3N2O. The van der Waals surface area contributed by atoms with E-state index in [-0.39, 0.29) is 5.69 Å². The number of nitrogens with one attached hydrogen (secondary N) is 1. The molecule has 1 aromatic heterocycles. The first-order valence-electron chi connectivity index (χ1n) is 10.4. The Labute approximate surface area is 191 Å². The van der Waals surface area contributed by atoms with Gasteiger partial charge >= 0.3 is 169 Å². The van der Waals surface area contributed by atoms with Crippen LogP contribution in [-0.2, 0) is 17.0 Å². The summed E-state index contributed by atoms with van der Waals surface area (Å²) in [7, 11) is 0. The fraction of sp³-hybridized carbons (Fsp3) is 0.400. The molecule has 0 radical (unpaired) electrons. The molecule has 3 aromatic rings. The molecule has 0 aliphatic heterocycles. The molecule has 0 aliphatic carbocycles. The standard InChI is InChI=1S/C25H28AsF3N2O/c1-23(2,20-7-5-6-17(11-20)14-26(3)4)16-24(32,25(27,28)29)13-21-12-19-10-18(15-30)8-9-22(19)31-21/h5-12,31-32H,13-14,16H2,1-4H3. The van der Waals surface area contributed by atoms with E-state index in [1.54, 1.807) is 38.1 Å². The summed E-state index contributed by atoms with van der Waals surface area (Å²) in [5, 5.41) is 21.6. The van der Waals surface area contributed by atoms with Gasteiger partial charge in [0.15, 0.2) is 0 Å². The van der Waals surface area contributed by atoms with Crippen molar-refractivity contribution in [1.82, 2.24) is 4.98 Å². The molecule has 3 rings (SSSR count). The number of hydrogen-bond acceptors (Lipinski definition) is 2. The Morgan fingerprint density at radius 3 is 2.41 bits per heavy atom. The zero-order valence-corrected chi connectivity index (χ0v) is 20.6. The maximum atomic E-state index is 14.2. The van der Waals surface area contributed by atoms with Crippen LogP contribution in [0.25, 0.3) is 10.9 Å². The molecule has 2 aromatic carbocycles. The molecule has 1 unspecified atom stereocenters. The van der Waals surface area contributed by atoms with Gasteiger partial charge in [-0.2, -0.15) is 5.26 Å². The predicted octanol–water partition coefficient (Wildman–Crippen LogP) is 6.08. The van der Waals surface area contributed by atoms with Crippen molar-refractivity contribution in [2.24, 2.45) is 0 Å². The van der Waals surface area contributed by atoms with Crippen molar-refractivity contribution >= 4 is 25.6 Å². The molecule has 0 saturated heterocycles. The monoisotopic (exact) mass is 504 g/mol. The van der Waals surface area contributed by atoms with Crippen LogP contribution in [0.3, 0.4) is 0 Å². The first-order valence-corrected chi connectivity index (χ1v) is 15.5. The van der Waals surface area contributed by atoms with Gasteiger partial charge in [0, 0.05) is 0 Å². The number of rotatable bonds is 7. The molecule has 170 valence electrons. The average Bonchev–Trinajstić information content (AvgIpc) is 3.07. The zero-order valence-electron chi connectivity index (χ0n) is 18.7. The number of nitriles is 1. The number of aromatic amines is 1. The van der Waals surface area contributed by atoms with Crippen LogP contribution in [0, 0.1) is 11.3 Å². The van der Waals surface area contributed by atoms with E-state index >= 15 is 0 Å². The van der Waals surface area contributed by atoms with Crippen molar-refractivity contribution in [2.45, 2.75) is 60.5 Å². The summed E-state index contributed by atoms with van der Waals surface area (Å²) in [5.41, 5.74) is 3.97. The number of H-pyrrole nitrogens is 1. The van der Waals surface area contributed by atoms with Crippen LogP contribution in [0.4, 0.5) is 13.2 Å². The van der Waals surface area contributed by atoms with E-state index in [4.69, 9.17) is 5.26 Å². The predicted molar refractivity (Wildman–Crippen MR) is 123 cm³/mol. The number of halogens is 3. The molecule has 0 amide bonds. The summed E-state index contributed by atoms with van der Waals surface area (Å²) < 4.78 is 42.5. The van der Waals surface area contributed by atoms with E-state index in [0.717, 1.165) is 16.3 Å². The summed E-state index contributed by atoms with van der Waals surface area (Å²) in [6.07, 6.45) is -5.86. The minimum absolute atomic E-state index is 0.283. The molecule has 0 aliphatic rings. The molecule has 0 saturated carbocycles. The van der Waals surface area contributed by atoms with Gasteiger partial charge in [0.05, 0.1) is 11.6 Å². The molecule has 0 spiro atoms. The number of alkyl halides is 3. The maximum absolute atomic E-state index is 14.2. The van der Waals surface area contributed by atoms with Crippen molar-refractivity contribution in [3.63, 3.8) is 0 Å². The van der Waals surface area contributed by atoms with Crippen molar-refractivity contribution < 1.29 is 18.3 Å². The van der Waals surface area contributed by atoms with Gasteiger partial charge in [-0.05, 0) is 6.07 Å². The van der Waals surface area contributed by atoms with Crippen LogP contribution in [0.15, 0.2) is 48.5 Å². The van der Waals surface area contributed by atoms with Crippen LogP contribution >= 0.6 is 0 Å². The van der Waals surface area contributed by atoms with Crippen LogP contribution in [0.1, 0.15) is 42.7 Å². The molecule has 1 heterocycles. The number of fused-ring (bicyclic) bond motifs is 1. The number of benzene rings is 2. The minimum atomic E-state index is -4.80. The molecule has 32 heavy (non-hydrogen) atoms. The van der Waals surface area contributed by atoms with Gasteiger partial charge in [-0.3, -0.25) is 0 Å². The van der Waals surface area contributed by atoms with E-state index in [0.29, 0.717) is 16.5 Å². The molecule has 3 nitrogen and oxygen atoms in total. The molecule has 0 bridgehead atoms. The van der Waals surface area contributed by atoms with Crippen LogP contribution in [0.5, 0.6) is 0 Å². The van der Waals surface area contributed by atoms with Gasteiger partial charge in [0.2, 0.25) is 0 Å². The fourth-order valence-corrected chi connectivity index (χ4v) is 6.17. The first-order chi connectivity index (χ1) is 14.8. The van der Waals surface area contributed by atoms with Gasteiger partial charge in [-0.25, -0.2) is 0 Å². The topological polar surface area (TPSA) is 59.8 Å². The third kappa shape index (κ3) is 5.39.